The third-order valence-corrected chi connectivity index (χ3v) is 5.75. The lowest BCUT2D eigenvalue weighted by atomic mass is 10.1. The van der Waals surface area contributed by atoms with E-state index in [9.17, 15) is 19.2 Å². The first-order chi connectivity index (χ1) is 14.4. The Balaban J connectivity index is 1.40. The van der Waals surface area contributed by atoms with E-state index in [1.165, 1.54) is 9.80 Å². The molecule has 0 atom stereocenters. The normalized spacial score (nSPS) is 15.0. The predicted octanol–water partition coefficient (Wildman–Crippen LogP) is 2.10. The number of thiol groups is 1. The van der Waals surface area contributed by atoms with Crippen LogP contribution in [0.1, 0.15) is 41.4 Å². The molecular weight excluding hydrogens is 422 g/mol. The number of amides is 4. The predicted molar refractivity (Wildman–Crippen MR) is 117 cm³/mol. The molecule has 2 aromatic carbocycles. The number of hydrogen-bond donors (Lipinski definition) is 1. The fraction of sp³-hybridized carbons (Fsp3) is 0.190. The molecule has 0 saturated carbocycles. The Labute approximate surface area is 183 Å². The van der Waals surface area contributed by atoms with Crippen molar-refractivity contribution >= 4 is 52.8 Å². The molecule has 0 spiro atoms. The van der Waals surface area contributed by atoms with Gasteiger partial charge in [-0.3, -0.25) is 29.0 Å². The highest BCUT2D eigenvalue weighted by atomic mass is 32.1. The van der Waals surface area contributed by atoms with E-state index in [4.69, 9.17) is 12.2 Å². The molecule has 30 heavy (non-hydrogen) atoms. The molecule has 0 N–H and O–H groups in total. The van der Waals surface area contributed by atoms with Gasteiger partial charge >= 0.3 is 0 Å². The number of hydrogen-bond acceptors (Lipinski definition) is 5. The van der Waals surface area contributed by atoms with Crippen molar-refractivity contribution in [3.63, 3.8) is 0 Å². The van der Waals surface area contributed by atoms with Crippen LogP contribution in [0.3, 0.4) is 0 Å². The molecule has 4 amide bonds. The number of carbonyl (C=O) groups excluding carboxylic acids is 4. The fourth-order valence-corrected chi connectivity index (χ4v) is 4.01. The first-order valence-electron chi connectivity index (χ1n) is 9.28. The highest BCUT2D eigenvalue weighted by molar-refractivity contribution is 8.10. The van der Waals surface area contributed by atoms with E-state index in [1.54, 1.807) is 53.4 Å². The molecule has 4 rings (SSSR count). The van der Waals surface area contributed by atoms with Crippen LogP contribution in [0.5, 0.6) is 0 Å². The van der Waals surface area contributed by atoms with E-state index < -0.39 is 0 Å². The van der Waals surface area contributed by atoms with Crippen molar-refractivity contribution in [2.45, 2.75) is 0 Å². The highest BCUT2D eigenvalue weighted by Crippen LogP contribution is 2.23. The molecule has 0 radical (unpaired) electrons. The quantitative estimate of drug-likeness (QED) is 0.422. The molecule has 9 heteroatoms. The van der Waals surface area contributed by atoms with E-state index in [0.29, 0.717) is 22.3 Å². The maximum atomic E-state index is 12.5. The zero-order valence-corrected chi connectivity index (χ0v) is 17.5. The minimum atomic E-state index is -0.346. The molecule has 2 aliphatic rings. The monoisotopic (exact) mass is 439 g/mol. The van der Waals surface area contributed by atoms with Crippen LogP contribution >= 0.6 is 24.8 Å². The maximum absolute atomic E-state index is 12.5. The third-order valence-electron chi connectivity index (χ3n) is 5.21. The summed E-state index contributed by atoms with van der Waals surface area (Å²) >= 11 is 9.38. The van der Waals surface area contributed by atoms with Crippen LogP contribution in [0.15, 0.2) is 48.5 Å². The lowest BCUT2D eigenvalue weighted by Gasteiger charge is -2.26. The number of nitrogens with zero attached hydrogens (tertiary/aromatic N) is 3. The summed E-state index contributed by atoms with van der Waals surface area (Å²) in [4.78, 5) is 54.0. The summed E-state index contributed by atoms with van der Waals surface area (Å²) in [5.74, 6) is -1.39. The second-order valence-corrected chi connectivity index (χ2v) is 8.00. The number of benzene rings is 2. The van der Waals surface area contributed by atoms with Crippen LogP contribution in [0.25, 0.3) is 0 Å². The lowest BCUT2D eigenvalue weighted by molar-refractivity contribution is 0.0643. The highest BCUT2D eigenvalue weighted by Gasteiger charge is 2.36. The topological polar surface area (TPSA) is 78.0 Å². The zero-order valence-electron chi connectivity index (χ0n) is 15.8. The molecular formula is C21H17N3O4S2. The van der Waals surface area contributed by atoms with Gasteiger partial charge in [0.2, 0.25) is 0 Å². The number of fused-ring (bicyclic) bond motifs is 2. The first-order valence-corrected chi connectivity index (χ1v) is 10.1. The molecule has 0 aromatic heterocycles. The second-order valence-electron chi connectivity index (χ2n) is 6.88. The standard InChI is InChI=1S/C21H17N3O4S2/c25-17-13-5-1-2-6-14(13)18(26)23(17)11-9-22(21(29)30)10-12-24-19(27)15-7-3-4-8-16(15)20(24)28/h1-8H,9-12H2,(H,29,30). The van der Waals surface area contributed by atoms with Crippen molar-refractivity contribution in [3.05, 3.63) is 70.8 Å². The fourth-order valence-electron chi connectivity index (χ4n) is 3.63. The summed E-state index contributed by atoms with van der Waals surface area (Å²) in [5.41, 5.74) is 1.53. The summed E-state index contributed by atoms with van der Waals surface area (Å²) in [6.07, 6.45) is 0. The van der Waals surface area contributed by atoms with Gasteiger partial charge in [0.15, 0.2) is 0 Å². The third kappa shape index (κ3) is 3.40. The molecule has 7 nitrogen and oxygen atoms in total. The molecule has 152 valence electrons. The van der Waals surface area contributed by atoms with Crippen LogP contribution in [-0.2, 0) is 0 Å². The summed E-state index contributed by atoms with van der Waals surface area (Å²) in [6, 6.07) is 13.3. The van der Waals surface area contributed by atoms with Crippen LogP contribution in [0, 0.1) is 0 Å². The van der Waals surface area contributed by atoms with E-state index in [2.05, 4.69) is 12.6 Å². The van der Waals surface area contributed by atoms with Gasteiger partial charge in [-0.1, -0.05) is 36.5 Å². The Kier molecular flexibility index (Phi) is 5.40. The van der Waals surface area contributed by atoms with Crippen LogP contribution < -0.4 is 0 Å². The van der Waals surface area contributed by atoms with Crippen molar-refractivity contribution in [3.8, 4) is 0 Å². The first kappa shape index (κ1) is 20.2. The van der Waals surface area contributed by atoms with Gasteiger partial charge in [-0.2, -0.15) is 0 Å². The lowest BCUT2D eigenvalue weighted by Crippen LogP contribution is -2.43. The SMILES string of the molecule is O=C1c2ccccc2C(=O)N1CCN(CCN1C(=O)c2ccccc2C1=O)C(=S)S. The molecule has 0 fully saturated rings. The van der Waals surface area contributed by atoms with Gasteiger partial charge in [-0.15, -0.1) is 12.6 Å². The number of rotatable bonds is 6. The largest absolute Gasteiger partial charge is 0.354 e. The Morgan fingerprint density at radius 3 is 1.27 bits per heavy atom. The minimum absolute atomic E-state index is 0.120. The Morgan fingerprint density at radius 1 is 0.700 bits per heavy atom. The van der Waals surface area contributed by atoms with Crippen molar-refractivity contribution in [1.29, 1.82) is 0 Å². The average molecular weight is 440 g/mol. The van der Waals surface area contributed by atoms with Gasteiger partial charge in [0, 0.05) is 26.2 Å². The number of thiocarbonyl (C=S) groups is 1. The summed E-state index contributed by atoms with van der Waals surface area (Å²) in [6.45, 7) is 0.734. The van der Waals surface area contributed by atoms with E-state index in [-0.39, 0.29) is 54.1 Å². The maximum Gasteiger partial charge on any atom is 0.261 e. The van der Waals surface area contributed by atoms with Gasteiger partial charge in [0.1, 0.15) is 4.32 Å². The molecule has 2 aliphatic heterocycles. The van der Waals surface area contributed by atoms with Crippen molar-refractivity contribution in [2.75, 3.05) is 26.2 Å². The van der Waals surface area contributed by atoms with Crippen LogP contribution in [0.2, 0.25) is 0 Å². The van der Waals surface area contributed by atoms with E-state index >= 15 is 0 Å². The smallest absolute Gasteiger partial charge is 0.261 e. The average Bonchev–Trinajstić information content (AvgIpc) is 3.14. The van der Waals surface area contributed by atoms with Gasteiger partial charge in [-0.05, 0) is 24.3 Å². The summed E-state index contributed by atoms with van der Waals surface area (Å²) < 4.78 is 0.253. The molecule has 0 unspecified atom stereocenters. The van der Waals surface area contributed by atoms with Crippen molar-refractivity contribution in [1.82, 2.24) is 14.7 Å². The summed E-state index contributed by atoms with van der Waals surface area (Å²) in [7, 11) is 0. The number of imide groups is 2. The molecule has 0 saturated heterocycles. The van der Waals surface area contributed by atoms with Gasteiger partial charge in [0.25, 0.3) is 23.6 Å². The number of carbonyl (C=O) groups is 4. The molecule has 0 bridgehead atoms. The Morgan fingerprint density at radius 2 is 1.00 bits per heavy atom. The molecule has 0 aliphatic carbocycles. The van der Waals surface area contributed by atoms with Gasteiger partial charge < -0.3 is 4.90 Å². The van der Waals surface area contributed by atoms with E-state index in [1.807, 2.05) is 0 Å². The van der Waals surface area contributed by atoms with Crippen molar-refractivity contribution in [2.24, 2.45) is 0 Å². The van der Waals surface area contributed by atoms with Gasteiger partial charge in [0.05, 0.1) is 22.3 Å². The van der Waals surface area contributed by atoms with Crippen LogP contribution in [-0.4, -0.2) is 68.8 Å². The van der Waals surface area contributed by atoms with Gasteiger partial charge in [-0.25, -0.2) is 0 Å². The van der Waals surface area contributed by atoms with E-state index in [0.717, 1.165) is 0 Å². The minimum Gasteiger partial charge on any atom is -0.354 e. The Hall–Kier alpha value is -3.04. The summed E-state index contributed by atoms with van der Waals surface area (Å²) in [5, 5.41) is 0. The molecule has 2 heterocycles. The zero-order chi connectivity index (χ0) is 21.4. The Bertz CT molecular complexity index is 952. The second kappa shape index (κ2) is 8.00. The van der Waals surface area contributed by atoms with Crippen molar-refractivity contribution < 1.29 is 19.2 Å². The van der Waals surface area contributed by atoms with Crippen LogP contribution in [0.4, 0.5) is 0 Å². The molecule has 2 aromatic rings.